The number of hydrogen-bond acceptors (Lipinski definition) is 7. The Hall–Kier alpha value is -3.99. The molecule has 0 aliphatic heterocycles. The lowest BCUT2D eigenvalue weighted by Gasteiger charge is -2.12. The van der Waals surface area contributed by atoms with Crippen molar-refractivity contribution >= 4 is 33.3 Å². The number of nitro benzene ring substituents is 1. The first-order valence-corrected chi connectivity index (χ1v) is 10.3. The Bertz CT molecular complexity index is 1250. The molecule has 0 amide bonds. The third-order valence-corrected chi connectivity index (χ3v) is 5.48. The number of nitro groups is 1. The molecule has 0 aliphatic rings. The van der Waals surface area contributed by atoms with E-state index in [1.54, 1.807) is 24.3 Å². The van der Waals surface area contributed by atoms with Crippen LogP contribution in [0.15, 0.2) is 76.7 Å². The van der Waals surface area contributed by atoms with Crippen molar-refractivity contribution in [2.45, 2.75) is 4.90 Å². The third kappa shape index (κ3) is 5.14. The Kier molecular flexibility index (Phi) is 6.46. The van der Waals surface area contributed by atoms with Crippen LogP contribution >= 0.6 is 0 Å². The van der Waals surface area contributed by atoms with Crippen molar-refractivity contribution in [3.8, 4) is 5.75 Å². The van der Waals surface area contributed by atoms with E-state index in [4.69, 9.17) is 4.74 Å². The maximum atomic E-state index is 13.6. The monoisotopic (exact) mass is 444 g/mol. The summed E-state index contributed by atoms with van der Waals surface area (Å²) in [6.07, 6.45) is 1.16. The van der Waals surface area contributed by atoms with Gasteiger partial charge in [0.25, 0.3) is 15.7 Å². The quantitative estimate of drug-likeness (QED) is 0.308. The SMILES string of the molecule is COc1ccccc1NS(=O)(=O)c1ccc(NN=Cc2ccccc2F)c([N+](=O)[O-])c1. The highest BCUT2D eigenvalue weighted by Crippen LogP contribution is 2.30. The van der Waals surface area contributed by atoms with Gasteiger partial charge in [-0.1, -0.05) is 30.3 Å². The fourth-order valence-corrected chi connectivity index (χ4v) is 3.70. The molecule has 0 aliphatic carbocycles. The van der Waals surface area contributed by atoms with Crippen LogP contribution in [0.4, 0.5) is 21.5 Å². The van der Waals surface area contributed by atoms with Crippen LogP contribution in [-0.2, 0) is 10.0 Å². The first kappa shape index (κ1) is 21.7. The lowest BCUT2D eigenvalue weighted by molar-refractivity contribution is -0.384. The molecule has 0 unspecified atom stereocenters. The van der Waals surface area contributed by atoms with Gasteiger partial charge in [-0.15, -0.1) is 0 Å². The van der Waals surface area contributed by atoms with Gasteiger partial charge in [0.1, 0.15) is 17.3 Å². The molecule has 31 heavy (non-hydrogen) atoms. The molecule has 9 nitrogen and oxygen atoms in total. The van der Waals surface area contributed by atoms with Crippen LogP contribution in [0.25, 0.3) is 0 Å². The van der Waals surface area contributed by atoms with E-state index >= 15 is 0 Å². The average Bonchev–Trinajstić information content (AvgIpc) is 2.75. The molecule has 0 bridgehead atoms. The zero-order valence-corrected chi connectivity index (χ0v) is 17.0. The number of sulfonamides is 1. The van der Waals surface area contributed by atoms with Crippen LogP contribution in [-0.4, -0.2) is 26.7 Å². The summed E-state index contributed by atoms with van der Waals surface area (Å²) in [6, 6.07) is 15.5. The van der Waals surface area contributed by atoms with E-state index in [0.717, 1.165) is 12.3 Å². The molecule has 0 spiro atoms. The smallest absolute Gasteiger partial charge is 0.295 e. The Morgan fingerprint density at radius 2 is 1.77 bits per heavy atom. The predicted octanol–water partition coefficient (Wildman–Crippen LogP) is 3.99. The molecule has 0 atom stereocenters. The van der Waals surface area contributed by atoms with Gasteiger partial charge in [-0.25, -0.2) is 12.8 Å². The zero-order valence-electron chi connectivity index (χ0n) is 16.2. The fourth-order valence-electron chi connectivity index (χ4n) is 2.61. The van der Waals surface area contributed by atoms with Crippen molar-refractivity contribution in [2.24, 2.45) is 5.10 Å². The van der Waals surface area contributed by atoms with Gasteiger partial charge in [-0.05, 0) is 30.3 Å². The molecule has 0 radical (unpaired) electrons. The van der Waals surface area contributed by atoms with Gasteiger partial charge in [0.05, 0.1) is 28.8 Å². The van der Waals surface area contributed by atoms with Crippen molar-refractivity contribution in [2.75, 3.05) is 17.3 Å². The van der Waals surface area contributed by atoms with Gasteiger partial charge in [-0.3, -0.25) is 20.3 Å². The predicted molar refractivity (Wildman–Crippen MR) is 115 cm³/mol. The van der Waals surface area contributed by atoms with Gasteiger partial charge < -0.3 is 4.74 Å². The van der Waals surface area contributed by atoms with Gasteiger partial charge in [0.15, 0.2) is 0 Å². The lowest BCUT2D eigenvalue weighted by Crippen LogP contribution is -2.14. The number of hydrogen-bond donors (Lipinski definition) is 2. The summed E-state index contributed by atoms with van der Waals surface area (Å²) in [5, 5.41) is 15.3. The van der Waals surface area contributed by atoms with Gasteiger partial charge in [0.2, 0.25) is 0 Å². The fraction of sp³-hybridized carbons (Fsp3) is 0.0500. The number of methoxy groups -OCH3 is 1. The molecule has 2 N–H and O–H groups in total. The summed E-state index contributed by atoms with van der Waals surface area (Å²) in [5.74, 6) is -0.215. The molecule has 0 saturated carbocycles. The number of rotatable bonds is 8. The molecule has 0 aromatic heterocycles. The second-order valence-electron chi connectivity index (χ2n) is 6.13. The van der Waals surface area contributed by atoms with E-state index in [-0.39, 0.29) is 21.8 Å². The van der Waals surface area contributed by atoms with Crippen molar-refractivity contribution < 1.29 is 22.5 Å². The second kappa shape index (κ2) is 9.22. The Balaban J connectivity index is 1.87. The van der Waals surface area contributed by atoms with Crippen LogP contribution < -0.4 is 14.9 Å². The lowest BCUT2D eigenvalue weighted by atomic mass is 10.2. The molecule has 11 heteroatoms. The second-order valence-corrected chi connectivity index (χ2v) is 7.82. The largest absolute Gasteiger partial charge is 0.495 e. The van der Waals surface area contributed by atoms with Crippen LogP contribution in [0.2, 0.25) is 0 Å². The van der Waals surface area contributed by atoms with Crippen molar-refractivity contribution in [1.82, 2.24) is 0 Å². The first-order valence-electron chi connectivity index (χ1n) is 8.79. The highest BCUT2D eigenvalue weighted by Gasteiger charge is 2.22. The maximum absolute atomic E-state index is 13.6. The van der Waals surface area contributed by atoms with Gasteiger partial charge in [0, 0.05) is 11.6 Å². The zero-order chi connectivity index (χ0) is 22.4. The Morgan fingerprint density at radius 3 is 2.48 bits per heavy atom. The number of anilines is 2. The minimum atomic E-state index is -4.14. The molecule has 0 heterocycles. The first-order chi connectivity index (χ1) is 14.8. The van der Waals surface area contributed by atoms with Crippen LogP contribution in [0.1, 0.15) is 5.56 Å². The van der Waals surface area contributed by atoms with E-state index < -0.39 is 26.5 Å². The minimum absolute atomic E-state index is 0.0613. The number of ether oxygens (including phenoxy) is 1. The molecular weight excluding hydrogens is 427 g/mol. The number of hydrazone groups is 1. The van der Waals surface area contributed by atoms with E-state index in [2.05, 4.69) is 15.2 Å². The highest BCUT2D eigenvalue weighted by molar-refractivity contribution is 7.92. The summed E-state index contributed by atoms with van der Waals surface area (Å²) in [4.78, 5) is 10.4. The van der Waals surface area contributed by atoms with Crippen molar-refractivity contribution in [3.63, 3.8) is 0 Å². The van der Waals surface area contributed by atoms with Crippen LogP contribution in [0.3, 0.4) is 0 Å². The standard InChI is InChI=1S/C20H17FN4O5S/c1-30-20-9-5-4-8-18(20)24-31(28,29)15-10-11-17(19(12-15)25(26)27)23-22-13-14-6-2-3-7-16(14)21/h2-13,23-24H,1H3. The summed E-state index contributed by atoms with van der Waals surface area (Å²) in [5.41, 5.74) is 2.22. The topological polar surface area (TPSA) is 123 Å². The molecular formula is C20H17FN4O5S. The number of para-hydroxylation sites is 2. The minimum Gasteiger partial charge on any atom is -0.495 e. The molecule has 0 fully saturated rings. The normalized spacial score (nSPS) is 11.3. The highest BCUT2D eigenvalue weighted by atomic mass is 32.2. The summed E-state index contributed by atoms with van der Waals surface area (Å²) in [7, 11) is -2.75. The summed E-state index contributed by atoms with van der Waals surface area (Å²) in [6.45, 7) is 0. The number of benzene rings is 3. The Labute approximate surface area is 177 Å². The third-order valence-electron chi connectivity index (χ3n) is 4.12. The number of nitrogens with zero attached hydrogens (tertiary/aromatic N) is 2. The van der Waals surface area contributed by atoms with Gasteiger partial charge in [-0.2, -0.15) is 5.10 Å². The van der Waals surface area contributed by atoms with E-state index in [9.17, 15) is 22.9 Å². The summed E-state index contributed by atoms with van der Waals surface area (Å²) >= 11 is 0. The number of halogens is 1. The maximum Gasteiger partial charge on any atom is 0.295 e. The van der Waals surface area contributed by atoms with Crippen molar-refractivity contribution in [3.05, 3.63) is 88.2 Å². The molecule has 3 aromatic rings. The van der Waals surface area contributed by atoms with E-state index in [1.807, 2.05) is 0 Å². The Morgan fingerprint density at radius 1 is 1.06 bits per heavy atom. The van der Waals surface area contributed by atoms with Gasteiger partial charge >= 0.3 is 0 Å². The molecule has 0 saturated heterocycles. The number of nitrogens with one attached hydrogen (secondary N) is 2. The average molecular weight is 444 g/mol. The summed E-state index contributed by atoms with van der Waals surface area (Å²) < 4.78 is 46.5. The van der Waals surface area contributed by atoms with Crippen LogP contribution in [0.5, 0.6) is 5.75 Å². The molecule has 160 valence electrons. The van der Waals surface area contributed by atoms with Crippen molar-refractivity contribution in [1.29, 1.82) is 0 Å². The molecule has 3 rings (SSSR count). The molecule has 3 aromatic carbocycles. The van der Waals surface area contributed by atoms with E-state index in [1.165, 1.54) is 43.5 Å². The van der Waals surface area contributed by atoms with Crippen LogP contribution in [0, 0.1) is 15.9 Å². The van der Waals surface area contributed by atoms with E-state index in [0.29, 0.717) is 5.75 Å².